The maximum absolute atomic E-state index is 11.0. The van der Waals surface area contributed by atoms with Crippen LogP contribution in [0.1, 0.15) is 13.3 Å². The molecule has 0 aromatic heterocycles. The number of nitrogens with zero attached hydrogens (tertiary/aromatic N) is 1. The normalized spacial score (nSPS) is 26.2. The summed E-state index contributed by atoms with van der Waals surface area (Å²) in [5.41, 5.74) is 0. The molecule has 0 aliphatic carbocycles. The fourth-order valence-corrected chi connectivity index (χ4v) is 1.60. The van der Waals surface area contributed by atoms with E-state index in [1.54, 1.807) is 0 Å². The minimum atomic E-state index is -1.15. The summed E-state index contributed by atoms with van der Waals surface area (Å²) in [6.45, 7) is 1.22. The van der Waals surface area contributed by atoms with Crippen LogP contribution in [0.4, 0.5) is 0 Å². The molecule has 1 saturated heterocycles. The summed E-state index contributed by atoms with van der Waals surface area (Å²) in [6.07, 6.45) is -0.00968. The number of amides is 1. The molecular formula is C8H11NO5. The number of carboxylic acids is 2. The Kier molecular flexibility index (Phi) is 2.73. The molecule has 6 heteroatoms. The van der Waals surface area contributed by atoms with E-state index >= 15 is 0 Å². The first kappa shape index (κ1) is 10.5. The van der Waals surface area contributed by atoms with Gasteiger partial charge in [-0.05, 0) is 6.42 Å². The van der Waals surface area contributed by atoms with Gasteiger partial charge in [-0.25, -0.2) is 4.79 Å². The summed E-state index contributed by atoms with van der Waals surface area (Å²) in [5.74, 6) is -3.37. The van der Waals surface area contributed by atoms with Gasteiger partial charge in [-0.1, -0.05) is 0 Å². The Labute approximate surface area is 80.1 Å². The second-order valence-corrected chi connectivity index (χ2v) is 3.30. The molecule has 0 bridgehead atoms. The van der Waals surface area contributed by atoms with Crippen LogP contribution < -0.4 is 0 Å². The topological polar surface area (TPSA) is 94.9 Å². The Morgan fingerprint density at radius 1 is 1.21 bits per heavy atom. The lowest BCUT2D eigenvalue weighted by atomic mass is 10.1. The van der Waals surface area contributed by atoms with Crippen molar-refractivity contribution in [3.8, 4) is 0 Å². The van der Waals surface area contributed by atoms with Crippen LogP contribution in [0.2, 0.25) is 0 Å². The first-order valence-electron chi connectivity index (χ1n) is 4.16. The number of hydrogen-bond donors (Lipinski definition) is 2. The molecule has 1 rings (SSSR count). The molecule has 0 spiro atoms. The SMILES string of the molecule is CC(=O)N1CC(C(=O)O)C[C@H]1C(=O)O. The molecule has 0 saturated carbocycles. The van der Waals surface area contributed by atoms with Crippen molar-refractivity contribution < 1.29 is 24.6 Å². The molecule has 1 aliphatic heterocycles. The number of carbonyl (C=O) groups excluding carboxylic acids is 1. The van der Waals surface area contributed by atoms with Gasteiger partial charge >= 0.3 is 11.9 Å². The molecular weight excluding hydrogens is 190 g/mol. The van der Waals surface area contributed by atoms with Crippen LogP contribution in [0.3, 0.4) is 0 Å². The molecule has 1 amide bonds. The van der Waals surface area contributed by atoms with E-state index in [9.17, 15) is 14.4 Å². The predicted octanol–water partition coefficient (Wildman–Crippen LogP) is -0.607. The van der Waals surface area contributed by atoms with Gasteiger partial charge in [-0.15, -0.1) is 0 Å². The third-order valence-electron chi connectivity index (χ3n) is 2.34. The van der Waals surface area contributed by atoms with Crippen molar-refractivity contribution in [2.45, 2.75) is 19.4 Å². The van der Waals surface area contributed by atoms with Gasteiger partial charge in [0.05, 0.1) is 5.92 Å². The molecule has 1 unspecified atom stereocenters. The number of carboxylic acid groups (broad SMARTS) is 2. The number of likely N-dealkylation sites (tertiary alicyclic amines) is 1. The largest absolute Gasteiger partial charge is 0.481 e. The molecule has 1 fully saturated rings. The number of rotatable bonds is 2. The Bertz CT molecular complexity index is 265. The van der Waals surface area contributed by atoms with E-state index in [4.69, 9.17) is 10.2 Å². The molecule has 0 aromatic carbocycles. The van der Waals surface area contributed by atoms with Gasteiger partial charge in [-0.2, -0.15) is 0 Å². The maximum Gasteiger partial charge on any atom is 0.326 e. The van der Waals surface area contributed by atoms with E-state index in [-0.39, 0.29) is 13.0 Å². The van der Waals surface area contributed by atoms with Crippen LogP contribution in [-0.2, 0) is 14.4 Å². The molecule has 78 valence electrons. The summed E-state index contributed by atoms with van der Waals surface area (Å²) in [7, 11) is 0. The highest BCUT2D eigenvalue weighted by molar-refractivity contribution is 5.85. The fraction of sp³-hybridized carbons (Fsp3) is 0.625. The van der Waals surface area contributed by atoms with E-state index in [1.807, 2.05) is 0 Å². The summed E-state index contributed by atoms with van der Waals surface area (Å²) >= 11 is 0. The Morgan fingerprint density at radius 3 is 2.07 bits per heavy atom. The van der Waals surface area contributed by atoms with Crippen molar-refractivity contribution in [2.24, 2.45) is 5.92 Å². The molecule has 6 nitrogen and oxygen atoms in total. The van der Waals surface area contributed by atoms with E-state index < -0.39 is 29.8 Å². The van der Waals surface area contributed by atoms with Gasteiger partial charge in [0, 0.05) is 13.5 Å². The van der Waals surface area contributed by atoms with Crippen molar-refractivity contribution in [3.63, 3.8) is 0 Å². The Balaban J connectivity index is 2.80. The van der Waals surface area contributed by atoms with E-state index in [0.717, 1.165) is 4.90 Å². The lowest BCUT2D eigenvalue weighted by Crippen LogP contribution is -2.39. The molecule has 0 radical (unpaired) electrons. The van der Waals surface area contributed by atoms with Crippen LogP contribution in [0.5, 0.6) is 0 Å². The average Bonchev–Trinajstić information content (AvgIpc) is 2.47. The lowest BCUT2D eigenvalue weighted by Gasteiger charge is -2.18. The van der Waals surface area contributed by atoms with Gasteiger partial charge in [0.1, 0.15) is 6.04 Å². The van der Waals surface area contributed by atoms with Gasteiger partial charge < -0.3 is 15.1 Å². The quantitative estimate of drug-likeness (QED) is 0.621. The maximum atomic E-state index is 11.0. The van der Waals surface area contributed by atoms with E-state index in [0.29, 0.717) is 0 Å². The number of hydrogen-bond acceptors (Lipinski definition) is 3. The number of aliphatic carboxylic acids is 2. The van der Waals surface area contributed by atoms with E-state index in [2.05, 4.69) is 0 Å². The third-order valence-corrected chi connectivity index (χ3v) is 2.34. The zero-order chi connectivity index (χ0) is 10.9. The minimum absolute atomic E-state index is 0.00968. The van der Waals surface area contributed by atoms with Crippen molar-refractivity contribution >= 4 is 17.8 Å². The summed E-state index contributed by atoms with van der Waals surface area (Å²) in [6, 6.07) is -0.992. The number of carbonyl (C=O) groups is 3. The van der Waals surface area contributed by atoms with Crippen LogP contribution in [-0.4, -0.2) is 45.5 Å². The zero-order valence-corrected chi connectivity index (χ0v) is 7.64. The van der Waals surface area contributed by atoms with Crippen LogP contribution in [0.25, 0.3) is 0 Å². The Hall–Kier alpha value is -1.59. The van der Waals surface area contributed by atoms with Gasteiger partial charge in [0.25, 0.3) is 0 Å². The second-order valence-electron chi connectivity index (χ2n) is 3.30. The zero-order valence-electron chi connectivity index (χ0n) is 7.64. The molecule has 1 heterocycles. The molecule has 1 aliphatic rings. The second kappa shape index (κ2) is 3.65. The van der Waals surface area contributed by atoms with Crippen molar-refractivity contribution in [1.82, 2.24) is 4.90 Å². The average molecular weight is 201 g/mol. The smallest absolute Gasteiger partial charge is 0.326 e. The molecule has 2 atom stereocenters. The molecule has 14 heavy (non-hydrogen) atoms. The molecule has 0 aromatic rings. The van der Waals surface area contributed by atoms with Crippen molar-refractivity contribution in [2.75, 3.05) is 6.54 Å². The first-order chi connectivity index (χ1) is 6.43. The minimum Gasteiger partial charge on any atom is -0.481 e. The van der Waals surface area contributed by atoms with Gasteiger partial charge in [0.2, 0.25) is 5.91 Å². The highest BCUT2D eigenvalue weighted by atomic mass is 16.4. The van der Waals surface area contributed by atoms with Crippen LogP contribution in [0, 0.1) is 5.92 Å². The van der Waals surface area contributed by atoms with Gasteiger partial charge in [0.15, 0.2) is 0 Å². The van der Waals surface area contributed by atoms with Gasteiger partial charge in [-0.3, -0.25) is 9.59 Å². The van der Waals surface area contributed by atoms with Crippen molar-refractivity contribution in [3.05, 3.63) is 0 Å². The van der Waals surface area contributed by atoms with Crippen LogP contribution in [0.15, 0.2) is 0 Å². The summed E-state index contributed by atoms with van der Waals surface area (Å²) < 4.78 is 0. The highest BCUT2D eigenvalue weighted by Gasteiger charge is 2.41. The first-order valence-corrected chi connectivity index (χ1v) is 4.16. The van der Waals surface area contributed by atoms with E-state index in [1.165, 1.54) is 6.92 Å². The van der Waals surface area contributed by atoms with Crippen LogP contribution >= 0.6 is 0 Å². The monoisotopic (exact) mass is 201 g/mol. The lowest BCUT2D eigenvalue weighted by molar-refractivity contribution is -0.147. The summed E-state index contributed by atoms with van der Waals surface area (Å²) in [4.78, 5) is 33.4. The standard InChI is InChI=1S/C8H11NO5/c1-4(10)9-3-5(7(11)12)2-6(9)8(13)14/h5-6H,2-3H2,1H3,(H,11,12)(H,13,14)/t5?,6-/m0/s1. The molecule has 2 N–H and O–H groups in total. The Morgan fingerprint density at radius 2 is 1.79 bits per heavy atom. The predicted molar refractivity (Wildman–Crippen MR) is 44.6 cm³/mol. The third kappa shape index (κ3) is 1.84. The summed E-state index contributed by atoms with van der Waals surface area (Å²) in [5, 5.41) is 17.4. The van der Waals surface area contributed by atoms with Crippen molar-refractivity contribution in [1.29, 1.82) is 0 Å². The highest BCUT2D eigenvalue weighted by Crippen LogP contribution is 2.23. The fourth-order valence-electron chi connectivity index (χ4n) is 1.60.